The second-order valence-corrected chi connectivity index (χ2v) is 20.3. The van der Waals surface area contributed by atoms with Crippen LogP contribution >= 0.6 is 42.2 Å². The normalized spacial score (nSPS) is 14.1. The van der Waals surface area contributed by atoms with Crippen molar-refractivity contribution in [3.05, 3.63) is 34.7 Å². The van der Waals surface area contributed by atoms with Gasteiger partial charge in [-0.05, 0) is 73.3 Å². The van der Waals surface area contributed by atoms with Crippen molar-refractivity contribution in [1.82, 2.24) is 10.2 Å². The molecule has 2 N–H and O–H groups in total. The number of benzene rings is 1. The number of esters is 2. The number of hydrogen-bond acceptors (Lipinski definition) is 18. The number of alkyl carbamates (subject to hydrolysis) is 1. The first-order valence-electron chi connectivity index (χ1n) is 19.3. The van der Waals surface area contributed by atoms with Crippen molar-refractivity contribution in [1.29, 1.82) is 0 Å². The average Bonchev–Trinajstić information content (AvgIpc) is 3.45. The maximum Gasteiger partial charge on any atom is 0.410 e. The first-order valence-corrected chi connectivity index (χ1v) is 24.0. The zero-order chi connectivity index (χ0) is 46.8. The molecule has 1 atom stereocenters. The minimum Gasteiger partial charge on any atom is -0.458 e. The van der Waals surface area contributed by atoms with Gasteiger partial charge in [-0.25, -0.2) is 22.8 Å². The average molecular weight is 1260 g/mol. The number of nitrogens with zero attached hydrogens (tertiary/aromatic N) is 1. The van der Waals surface area contributed by atoms with E-state index in [1.54, 1.807) is 39.0 Å². The standard InChI is InChI=1S/C37H56Cl3N2O19PS.Fm/c1-36(2,3)60-34(45)26-56-17-16-53-13-10-42(9-12-52-15-14-51-11-8-41-35(46)61-37(38,39)40)32(43)24-54-18-20-57-27-62(47,48)28-58-21-19-55-25-33(44)59-23-30-22-29-6-4-5-7-31(29)63(30,49)50;/h4-7,22H,8-21,23-28H2,1-3H3,(H,41,46)(H,47,48);. The first kappa shape index (κ1) is 58.3. The molecule has 372 valence electrons. The molecule has 64 heavy (non-hydrogen) atoms. The molecular weight excluding hydrogens is 1200 g/mol. The number of alkyl halides is 3. The van der Waals surface area contributed by atoms with Gasteiger partial charge in [0.05, 0.1) is 82.5 Å². The molecule has 0 bridgehead atoms. The van der Waals surface area contributed by atoms with E-state index in [0.717, 1.165) is 0 Å². The van der Waals surface area contributed by atoms with Gasteiger partial charge < -0.3 is 67.2 Å². The Bertz CT molecular complexity index is 1770. The number of carbonyl (C=O) groups is 4. The summed E-state index contributed by atoms with van der Waals surface area (Å²) < 4.78 is 92.7. The Hall–Kier alpha value is -3.67. The molecule has 0 fully saturated rings. The molecule has 27 heteroatoms. The van der Waals surface area contributed by atoms with E-state index in [1.807, 2.05) is 0 Å². The summed E-state index contributed by atoms with van der Waals surface area (Å²) in [6.07, 6.45) is -0.596. The van der Waals surface area contributed by atoms with Gasteiger partial charge in [0.25, 0.3) is 0 Å². The van der Waals surface area contributed by atoms with E-state index in [-0.39, 0.29) is 115 Å². The second-order valence-electron chi connectivity index (χ2n) is 14.0. The summed E-state index contributed by atoms with van der Waals surface area (Å²) in [5, 5.41) is 2.34. The summed E-state index contributed by atoms with van der Waals surface area (Å²) in [5.74, 6) is -1.70. The molecule has 0 aromatic heterocycles. The summed E-state index contributed by atoms with van der Waals surface area (Å²) in [6.45, 7) is 4.78. The molecule has 1 heterocycles. The maximum atomic E-state index is 13.0. The van der Waals surface area contributed by atoms with Crippen LogP contribution in [0.5, 0.6) is 0 Å². The first-order chi connectivity index (χ1) is 29.7. The molecule has 0 radical (unpaired) electrons. The van der Waals surface area contributed by atoms with Gasteiger partial charge in [-0.2, -0.15) is 0 Å². The molecule has 0 saturated carbocycles. The molecule has 21 nitrogen and oxygen atoms in total. The molecule has 1 aliphatic rings. The molecule has 1 aromatic carbocycles. The van der Waals surface area contributed by atoms with Crippen molar-refractivity contribution in [3.63, 3.8) is 0 Å². The summed E-state index contributed by atoms with van der Waals surface area (Å²) in [5.41, 5.74) is -0.117. The summed E-state index contributed by atoms with van der Waals surface area (Å²) in [7, 11) is -7.59. The number of halogens is 3. The van der Waals surface area contributed by atoms with Gasteiger partial charge >= 0.3 is 22.0 Å². The Morgan fingerprint density at radius 2 is 1.20 bits per heavy atom. The van der Waals surface area contributed by atoms with Gasteiger partial charge in [0.15, 0.2) is 0 Å². The van der Waals surface area contributed by atoms with E-state index in [1.165, 1.54) is 17.0 Å². The number of fused-ring (bicyclic) bond motifs is 1. The number of hydrogen-bond donors (Lipinski definition) is 2. The zero-order valence-electron chi connectivity index (χ0n) is 35.5. The van der Waals surface area contributed by atoms with Crippen LogP contribution in [0.3, 0.4) is 0 Å². The van der Waals surface area contributed by atoms with Crippen LogP contribution in [0.4, 0.5) is 4.79 Å². The molecule has 1 unspecified atom stereocenters. The van der Waals surface area contributed by atoms with Crippen molar-refractivity contribution in [2.75, 3.05) is 131 Å². The van der Waals surface area contributed by atoms with Gasteiger partial charge in [-0.1, -0.05) is 18.2 Å². The summed E-state index contributed by atoms with van der Waals surface area (Å²) in [6, 6.07) is 6.41. The van der Waals surface area contributed by atoms with E-state index in [2.05, 4.69) is 10.1 Å². The van der Waals surface area contributed by atoms with Crippen LogP contribution in [0.15, 0.2) is 34.1 Å². The Morgan fingerprint density at radius 3 is 1.75 bits per heavy atom. The summed E-state index contributed by atoms with van der Waals surface area (Å²) >= 11 is 16.1. The molecule has 0 aliphatic carbocycles. The topological polar surface area (TPSA) is 257 Å². The van der Waals surface area contributed by atoms with Crippen molar-refractivity contribution in [2.45, 2.75) is 35.2 Å². The minimum absolute atomic E-state index is 0. The van der Waals surface area contributed by atoms with Gasteiger partial charge in [0.1, 0.15) is 44.7 Å². The third-order valence-electron chi connectivity index (χ3n) is 7.49. The van der Waals surface area contributed by atoms with Crippen molar-refractivity contribution in [3.8, 4) is 0 Å². The quantitative estimate of drug-likeness (QED) is 0.0337. The van der Waals surface area contributed by atoms with E-state index < -0.39 is 76.6 Å². The molecular formula is C37H56Cl3FmN2O19PS. The minimum atomic E-state index is -3.87. The van der Waals surface area contributed by atoms with Crippen LogP contribution in [0, 0.1) is 0 Å². The van der Waals surface area contributed by atoms with Crippen LogP contribution in [-0.4, -0.2) is 183 Å². The fraction of sp³-hybridized carbons (Fsp3) is 0.676. The summed E-state index contributed by atoms with van der Waals surface area (Å²) in [4.78, 5) is 59.9. The van der Waals surface area contributed by atoms with E-state index >= 15 is 0 Å². The molecule has 2 amide bonds. The smallest absolute Gasteiger partial charge is 0.410 e. The number of ether oxygens (including phenoxy) is 11. The molecule has 1 aliphatic heterocycles. The van der Waals surface area contributed by atoms with Crippen LogP contribution in [-0.2, 0) is 80.9 Å². The van der Waals surface area contributed by atoms with Gasteiger partial charge in [-0.15, -0.1) is 0 Å². The molecule has 2 rings (SSSR count). The van der Waals surface area contributed by atoms with Crippen LogP contribution in [0.25, 0.3) is 6.08 Å². The number of amides is 2. The third kappa shape index (κ3) is 27.0. The number of sulfone groups is 1. The van der Waals surface area contributed by atoms with Crippen molar-refractivity contribution < 1.29 is 89.2 Å². The zero-order valence-corrected chi connectivity index (χ0v) is 41.9. The predicted molar refractivity (Wildman–Crippen MR) is 226 cm³/mol. The van der Waals surface area contributed by atoms with Gasteiger partial charge in [0, 0.05) is 19.6 Å². The number of nitrogens with one attached hydrogen (secondary N) is 1. The Morgan fingerprint density at radius 1 is 0.703 bits per heavy atom. The second kappa shape index (κ2) is 30.5. The number of rotatable bonds is 33. The fourth-order valence-electron chi connectivity index (χ4n) is 4.79. The molecule has 0 spiro atoms. The molecule has 0 saturated heterocycles. The Kier molecular flexibility index (Phi) is 27.8. The van der Waals surface area contributed by atoms with Crippen LogP contribution in [0.1, 0.15) is 26.3 Å². The Balaban J connectivity index is 0.0000205. The van der Waals surface area contributed by atoms with Crippen molar-refractivity contribution in [2.24, 2.45) is 0 Å². The molecule has 1 aromatic rings. The van der Waals surface area contributed by atoms with Crippen molar-refractivity contribution >= 4 is 82.0 Å². The maximum absolute atomic E-state index is 13.0. The largest absolute Gasteiger partial charge is 0.458 e. The van der Waals surface area contributed by atoms with Gasteiger partial charge in [0.2, 0.25) is 23.1 Å². The SMILES string of the molecule is CC(C)(C)OC(=O)COCCOCCN(CCOCCOCCNC(=O)OC(Cl)(Cl)Cl)C(=O)COCCOCP(=O)(O)COCCOCC(=O)OCC1=Cc2ccccc2S1(=O)=O.[Fm]. The third-order valence-corrected chi connectivity index (χ3v) is 10.8. The van der Waals surface area contributed by atoms with E-state index in [4.69, 9.17) is 82.2 Å². The fourth-order valence-corrected chi connectivity index (χ4v) is 7.38. The van der Waals surface area contributed by atoms with E-state index in [9.17, 15) is 37.1 Å². The van der Waals surface area contributed by atoms with Crippen LogP contribution < -0.4 is 5.32 Å². The van der Waals surface area contributed by atoms with Gasteiger partial charge in [-0.3, -0.25) is 9.36 Å². The number of carbonyl (C=O) groups excluding carboxylic acids is 4. The van der Waals surface area contributed by atoms with E-state index in [0.29, 0.717) is 5.56 Å². The predicted octanol–water partition coefficient (Wildman–Crippen LogP) is 2.90. The monoisotopic (exact) mass is 1260 g/mol. The van der Waals surface area contributed by atoms with Crippen LogP contribution in [0.2, 0.25) is 0 Å². The Labute approximate surface area is 381 Å².